The molecule has 0 N–H and O–H groups in total. The van der Waals surface area contributed by atoms with E-state index >= 15 is 0 Å². The summed E-state index contributed by atoms with van der Waals surface area (Å²) in [6.07, 6.45) is 9.27. The van der Waals surface area contributed by atoms with Crippen LogP contribution in [0.5, 0.6) is 0 Å². The Kier molecular flexibility index (Phi) is 5.40. The quantitative estimate of drug-likeness (QED) is 0.776. The molecule has 0 fully saturated rings. The van der Waals surface area contributed by atoms with Gasteiger partial charge in [-0.15, -0.1) is 0 Å². The average molecular weight is 328 g/mol. The molecule has 2 aromatic rings. The monoisotopic (exact) mass is 328 g/mol. The molecule has 0 saturated carbocycles. The molecule has 2 unspecified atom stereocenters. The summed E-state index contributed by atoms with van der Waals surface area (Å²) in [5.41, 5.74) is 6.56. The molecule has 0 aliphatic heterocycles. The zero-order chi connectivity index (χ0) is 14.9. The Morgan fingerprint density at radius 1 is 0.826 bits per heavy atom. The first kappa shape index (κ1) is 16.9. The first-order chi connectivity index (χ1) is 10.9. The van der Waals surface area contributed by atoms with E-state index in [1.54, 1.807) is 0 Å². The molecule has 0 radical (unpaired) electrons. The van der Waals surface area contributed by atoms with Crippen LogP contribution in [-0.2, 0) is 4.43 Å². The van der Waals surface area contributed by atoms with E-state index in [0.29, 0.717) is 11.1 Å². The van der Waals surface area contributed by atoms with Crippen molar-refractivity contribution in [3.05, 3.63) is 82.9 Å². The Balaban J connectivity index is 0.00000156. The second kappa shape index (κ2) is 7.33. The topological polar surface area (TPSA) is 9.23 Å². The summed E-state index contributed by atoms with van der Waals surface area (Å²) in [6, 6.07) is 17.5. The van der Waals surface area contributed by atoms with Gasteiger partial charge in [-0.1, -0.05) is 72.8 Å². The van der Waals surface area contributed by atoms with Crippen LogP contribution in [0.4, 0.5) is 0 Å². The fourth-order valence-corrected chi connectivity index (χ4v) is 6.97. The van der Waals surface area contributed by atoms with Crippen LogP contribution < -0.4 is 0 Å². The molecule has 4 rings (SSSR count). The molecule has 0 spiro atoms. The predicted molar refractivity (Wildman–Crippen MR) is 102 cm³/mol. The SMILES string of the molecule is CCO[SiH](C1C=Cc2ccccc21)C1C=Cc2ccccc21.[NaH]. The van der Waals surface area contributed by atoms with E-state index < -0.39 is 9.04 Å². The predicted octanol–water partition coefficient (Wildman–Crippen LogP) is 3.80. The van der Waals surface area contributed by atoms with Crippen LogP contribution in [-0.4, -0.2) is 45.2 Å². The third kappa shape index (κ3) is 3.07. The number of allylic oxidation sites excluding steroid dienone is 2. The van der Waals surface area contributed by atoms with Crippen molar-refractivity contribution in [2.45, 2.75) is 18.0 Å². The van der Waals surface area contributed by atoms with Gasteiger partial charge >= 0.3 is 29.6 Å². The van der Waals surface area contributed by atoms with Gasteiger partial charge < -0.3 is 4.43 Å². The molecule has 23 heavy (non-hydrogen) atoms. The van der Waals surface area contributed by atoms with Gasteiger partial charge in [-0.05, 0) is 29.2 Å². The van der Waals surface area contributed by atoms with Crippen molar-refractivity contribution < 1.29 is 4.43 Å². The van der Waals surface area contributed by atoms with Gasteiger partial charge in [0.05, 0.1) is 0 Å². The van der Waals surface area contributed by atoms with Gasteiger partial charge in [0.2, 0.25) is 0 Å². The number of benzene rings is 2. The Labute approximate surface area is 162 Å². The second-order valence-electron chi connectivity index (χ2n) is 5.95. The summed E-state index contributed by atoms with van der Waals surface area (Å²) < 4.78 is 6.36. The van der Waals surface area contributed by atoms with Crippen molar-refractivity contribution >= 4 is 50.7 Å². The molecule has 112 valence electrons. The van der Waals surface area contributed by atoms with Crippen molar-refractivity contribution in [3.8, 4) is 0 Å². The second-order valence-corrected chi connectivity index (χ2v) is 8.65. The van der Waals surface area contributed by atoms with E-state index in [1.807, 2.05) is 0 Å². The van der Waals surface area contributed by atoms with E-state index in [2.05, 4.69) is 79.8 Å². The van der Waals surface area contributed by atoms with Gasteiger partial charge in [0.15, 0.2) is 9.04 Å². The molecule has 3 heteroatoms. The minimum atomic E-state index is -1.49. The Bertz CT molecular complexity index is 691. The van der Waals surface area contributed by atoms with E-state index in [9.17, 15) is 0 Å². The maximum atomic E-state index is 6.36. The molecule has 0 saturated heterocycles. The van der Waals surface area contributed by atoms with Crippen molar-refractivity contribution in [2.75, 3.05) is 6.61 Å². The van der Waals surface area contributed by atoms with Gasteiger partial charge in [0.1, 0.15) is 0 Å². The molecular formula is C20H21NaOSi. The van der Waals surface area contributed by atoms with Gasteiger partial charge in [0, 0.05) is 17.7 Å². The number of rotatable bonds is 4. The van der Waals surface area contributed by atoms with Crippen LogP contribution in [0.15, 0.2) is 60.7 Å². The third-order valence-corrected chi connectivity index (χ3v) is 8.04. The fourth-order valence-electron chi connectivity index (χ4n) is 3.75. The zero-order valence-corrected chi connectivity index (χ0v) is 13.9. The van der Waals surface area contributed by atoms with Crippen molar-refractivity contribution in [2.24, 2.45) is 0 Å². The van der Waals surface area contributed by atoms with Crippen LogP contribution in [0.1, 0.15) is 40.3 Å². The summed E-state index contributed by atoms with van der Waals surface area (Å²) >= 11 is 0. The van der Waals surface area contributed by atoms with Gasteiger partial charge in [0.25, 0.3) is 0 Å². The molecule has 0 aromatic heterocycles. The summed E-state index contributed by atoms with van der Waals surface area (Å²) in [6.45, 7) is 2.92. The molecule has 1 nitrogen and oxygen atoms in total. The molecule has 2 aliphatic carbocycles. The molecule has 2 aromatic carbocycles. The molecule has 0 bridgehead atoms. The van der Waals surface area contributed by atoms with E-state index in [4.69, 9.17) is 4.43 Å². The Morgan fingerprint density at radius 2 is 1.30 bits per heavy atom. The van der Waals surface area contributed by atoms with Crippen molar-refractivity contribution in [3.63, 3.8) is 0 Å². The molecule has 0 heterocycles. The molecule has 0 amide bonds. The van der Waals surface area contributed by atoms with E-state index in [1.165, 1.54) is 22.3 Å². The van der Waals surface area contributed by atoms with Crippen LogP contribution in [0.3, 0.4) is 0 Å². The van der Waals surface area contributed by atoms with Crippen LogP contribution in [0, 0.1) is 0 Å². The molecule has 2 aliphatic rings. The molecule has 2 atom stereocenters. The van der Waals surface area contributed by atoms with Crippen LogP contribution >= 0.6 is 0 Å². The van der Waals surface area contributed by atoms with E-state index in [-0.39, 0.29) is 29.6 Å². The summed E-state index contributed by atoms with van der Waals surface area (Å²) in [5, 5.41) is 0. The minimum absolute atomic E-state index is 0. The summed E-state index contributed by atoms with van der Waals surface area (Å²) in [5.74, 6) is 0. The van der Waals surface area contributed by atoms with Crippen LogP contribution in [0.25, 0.3) is 12.2 Å². The van der Waals surface area contributed by atoms with E-state index in [0.717, 1.165) is 6.61 Å². The van der Waals surface area contributed by atoms with Crippen LogP contribution in [0.2, 0.25) is 0 Å². The normalized spacial score (nSPS) is 21.6. The Morgan fingerprint density at radius 3 is 1.78 bits per heavy atom. The Hall–Kier alpha value is -0.903. The van der Waals surface area contributed by atoms with Crippen molar-refractivity contribution in [1.29, 1.82) is 0 Å². The van der Waals surface area contributed by atoms with Gasteiger partial charge in [-0.2, -0.15) is 0 Å². The van der Waals surface area contributed by atoms with Crippen molar-refractivity contribution in [1.82, 2.24) is 0 Å². The third-order valence-electron chi connectivity index (χ3n) is 4.74. The van der Waals surface area contributed by atoms with Gasteiger partial charge in [-0.3, -0.25) is 0 Å². The fraction of sp³-hybridized carbons (Fsp3) is 0.200. The average Bonchev–Trinajstić information content (AvgIpc) is 3.17. The molecular weight excluding hydrogens is 307 g/mol. The summed E-state index contributed by atoms with van der Waals surface area (Å²) in [4.78, 5) is 0. The first-order valence-corrected chi connectivity index (χ1v) is 9.85. The number of hydrogen-bond acceptors (Lipinski definition) is 1. The van der Waals surface area contributed by atoms with Gasteiger partial charge in [-0.25, -0.2) is 0 Å². The standard InChI is InChI=1S/C20H20OSi.Na.H/c1-2-21-22(19-13-11-15-7-3-5-9-17(15)19)20-14-12-16-8-4-6-10-18(16)20;;/h3-14,19-20,22H,2H2,1H3;;. The number of hydrogen-bond donors (Lipinski definition) is 0. The number of fused-ring (bicyclic) bond motifs is 2. The maximum absolute atomic E-state index is 6.36. The summed E-state index contributed by atoms with van der Waals surface area (Å²) in [7, 11) is -1.49. The first-order valence-electron chi connectivity index (χ1n) is 8.04. The zero-order valence-electron chi connectivity index (χ0n) is 12.8.